The Morgan fingerprint density at radius 1 is 1.00 bits per heavy atom. The van der Waals surface area contributed by atoms with Gasteiger partial charge >= 0.3 is 0 Å². The molecular weight excluding hydrogens is 374 g/mol. The number of nitrogens with zero attached hydrogens (tertiary/aromatic N) is 1. The average Bonchev–Trinajstić information content (AvgIpc) is 2.65. The summed E-state index contributed by atoms with van der Waals surface area (Å²) in [6, 6.07) is 15.7. The van der Waals surface area contributed by atoms with Crippen molar-refractivity contribution >= 4 is 21.6 Å². The molecule has 0 saturated heterocycles. The standard InChI is InChI=1S/C21H29N3O3S/c1-5-24(15-18-9-7-6-8-10-18)17(4)21(25)22-19-11-13-20(14-12-19)28(26,27)23-16(2)3/h6-14,16-17,23H,5,15H2,1-4H3,(H,22,25). The normalized spacial score (nSPS) is 12.9. The third kappa shape index (κ3) is 6.15. The predicted molar refractivity (Wildman–Crippen MR) is 113 cm³/mol. The molecule has 1 unspecified atom stereocenters. The van der Waals surface area contributed by atoms with Crippen LogP contribution in [0.15, 0.2) is 59.5 Å². The van der Waals surface area contributed by atoms with Crippen molar-refractivity contribution in [3.8, 4) is 0 Å². The van der Waals surface area contributed by atoms with E-state index in [1.807, 2.05) is 44.2 Å². The second-order valence-corrected chi connectivity index (χ2v) is 8.73. The summed E-state index contributed by atoms with van der Waals surface area (Å²) in [5.41, 5.74) is 1.72. The Balaban J connectivity index is 2.03. The maximum absolute atomic E-state index is 12.6. The largest absolute Gasteiger partial charge is 0.325 e. The van der Waals surface area contributed by atoms with Crippen LogP contribution in [0.2, 0.25) is 0 Å². The van der Waals surface area contributed by atoms with E-state index < -0.39 is 10.0 Å². The maximum atomic E-state index is 12.6. The molecular formula is C21H29N3O3S. The van der Waals surface area contributed by atoms with Crippen molar-refractivity contribution < 1.29 is 13.2 Å². The SMILES string of the molecule is CCN(Cc1ccccc1)C(C)C(=O)Nc1ccc(S(=O)(=O)NC(C)C)cc1. The quantitative estimate of drug-likeness (QED) is 0.674. The molecule has 0 radical (unpaired) electrons. The van der Waals surface area contributed by atoms with E-state index in [9.17, 15) is 13.2 Å². The van der Waals surface area contributed by atoms with Crippen LogP contribution in [0.3, 0.4) is 0 Å². The van der Waals surface area contributed by atoms with Crippen LogP contribution in [-0.2, 0) is 21.4 Å². The molecule has 0 aromatic heterocycles. The van der Waals surface area contributed by atoms with Gasteiger partial charge in [-0.05, 0) is 57.1 Å². The Hall–Kier alpha value is -2.22. The molecule has 0 fully saturated rings. The van der Waals surface area contributed by atoms with Gasteiger partial charge in [-0.15, -0.1) is 0 Å². The summed E-state index contributed by atoms with van der Waals surface area (Å²) in [6.45, 7) is 8.84. The minimum atomic E-state index is -3.54. The molecule has 2 aromatic rings. The molecule has 0 spiro atoms. The van der Waals surface area contributed by atoms with Crippen LogP contribution in [0.4, 0.5) is 5.69 Å². The molecule has 7 heteroatoms. The molecule has 0 heterocycles. The highest BCUT2D eigenvalue weighted by molar-refractivity contribution is 7.89. The molecule has 2 N–H and O–H groups in total. The molecule has 152 valence electrons. The zero-order valence-corrected chi connectivity index (χ0v) is 17.7. The van der Waals surface area contributed by atoms with Crippen LogP contribution in [0, 0.1) is 0 Å². The summed E-state index contributed by atoms with van der Waals surface area (Å²) >= 11 is 0. The van der Waals surface area contributed by atoms with Crippen molar-refractivity contribution in [2.75, 3.05) is 11.9 Å². The first kappa shape index (κ1) is 22.1. The van der Waals surface area contributed by atoms with Gasteiger partial charge in [-0.25, -0.2) is 13.1 Å². The van der Waals surface area contributed by atoms with Crippen LogP contribution >= 0.6 is 0 Å². The van der Waals surface area contributed by atoms with Crippen molar-refractivity contribution in [2.45, 2.75) is 51.2 Å². The fourth-order valence-corrected chi connectivity index (χ4v) is 4.10. The van der Waals surface area contributed by atoms with Gasteiger partial charge < -0.3 is 5.32 Å². The Labute approximate surface area is 168 Å². The fourth-order valence-electron chi connectivity index (χ4n) is 2.85. The van der Waals surface area contributed by atoms with E-state index in [0.717, 1.165) is 12.1 Å². The number of carbonyl (C=O) groups excluding carboxylic acids is 1. The first-order valence-corrected chi connectivity index (χ1v) is 10.9. The molecule has 6 nitrogen and oxygen atoms in total. The predicted octanol–water partition coefficient (Wildman–Crippen LogP) is 3.22. The number of sulfonamides is 1. The highest BCUT2D eigenvalue weighted by Crippen LogP contribution is 2.16. The van der Waals surface area contributed by atoms with Crippen molar-refractivity contribution in [1.82, 2.24) is 9.62 Å². The molecule has 0 aliphatic rings. The summed E-state index contributed by atoms with van der Waals surface area (Å²) in [4.78, 5) is 14.9. The second-order valence-electron chi connectivity index (χ2n) is 7.01. The Morgan fingerprint density at radius 3 is 2.14 bits per heavy atom. The van der Waals surface area contributed by atoms with Crippen molar-refractivity contribution in [3.63, 3.8) is 0 Å². The number of hydrogen-bond donors (Lipinski definition) is 2. The summed E-state index contributed by atoms with van der Waals surface area (Å²) in [5.74, 6) is -0.131. The molecule has 0 bridgehead atoms. The third-order valence-electron chi connectivity index (χ3n) is 4.38. The zero-order valence-electron chi connectivity index (χ0n) is 16.8. The van der Waals surface area contributed by atoms with Crippen molar-refractivity contribution in [2.24, 2.45) is 0 Å². The summed E-state index contributed by atoms with van der Waals surface area (Å²) in [5, 5.41) is 2.87. The number of anilines is 1. The lowest BCUT2D eigenvalue weighted by molar-refractivity contribution is -0.120. The molecule has 1 atom stereocenters. The number of amides is 1. The lowest BCUT2D eigenvalue weighted by atomic mass is 10.1. The minimum absolute atomic E-state index is 0.131. The van der Waals surface area contributed by atoms with Crippen LogP contribution < -0.4 is 10.0 Å². The van der Waals surface area contributed by atoms with E-state index >= 15 is 0 Å². The highest BCUT2D eigenvalue weighted by atomic mass is 32.2. The zero-order chi connectivity index (χ0) is 20.7. The number of likely N-dealkylation sites (N-methyl/N-ethyl adjacent to an activating group) is 1. The lowest BCUT2D eigenvalue weighted by Gasteiger charge is -2.27. The van der Waals surface area contributed by atoms with Gasteiger partial charge in [0.15, 0.2) is 0 Å². The Kier molecular flexibility index (Phi) is 7.74. The van der Waals surface area contributed by atoms with E-state index in [4.69, 9.17) is 0 Å². The van der Waals surface area contributed by atoms with Gasteiger partial charge in [-0.1, -0.05) is 37.3 Å². The highest BCUT2D eigenvalue weighted by Gasteiger charge is 2.21. The molecule has 0 aliphatic carbocycles. The fraction of sp³-hybridized carbons (Fsp3) is 0.381. The van der Waals surface area contributed by atoms with E-state index in [2.05, 4.69) is 14.9 Å². The van der Waals surface area contributed by atoms with Crippen LogP contribution in [-0.4, -0.2) is 37.9 Å². The smallest absolute Gasteiger partial charge is 0.241 e. The molecule has 1 amide bonds. The second kappa shape index (κ2) is 9.82. The number of hydrogen-bond acceptors (Lipinski definition) is 4. The van der Waals surface area contributed by atoms with Crippen molar-refractivity contribution in [1.29, 1.82) is 0 Å². The minimum Gasteiger partial charge on any atom is -0.325 e. The molecule has 2 rings (SSSR count). The summed E-state index contributed by atoms with van der Waals surface area (Å²) < 4.78 is 26.9. The first-order valence-electron chi connectivity index (χ1n) is 9.44. The van der Waals surface area contributed by atoms with Gasteiger partial charge in [0.25, 0.3) is 0 Å². The van der Waals surface area contributed by atoms with Gasteiger partial charge in [0.05, 0.1) is 10.9 Å². The van der Waals surface area contributed by atoms with Crippen LogP contribution in [0.1, 0.15) is 33.3 Å². The topological polar surface area (TPSA) is 78.5 Å². The first-order chi connectivity index (χ1) is 13.2. The average molecular weight is 404 g/mol. The molecule has 0 saturated carbocycles. The summed E-state index contributed by atoms with van der Waals surface area (Å²) in [7, 11) is -3.54. The van der Waals surface area contributed by atoms with E-state index in [1.54, 1.807) is 26.0 Å². The van der Waals surface area contributed by atoms with Crippen molar-refractivity contribution in [3.05, 3.63) is 60.2 Å². The third-order valence-corrected chi connectivity index (χ3v) is 6.06. The van der Waals surface area contributed by atoms with E-state index in [-0.39, 0.29) is 22.9 Å². The van der Waals surface area contributed by atoms with Gasteiger partial charge in [0.1, 0.15) is 0 Å². The van der Waals surface area contributed by atoms with Gasteiger partial charge in [0, 0.05) is 18.3 Å². The van der Waals surface area contributed by atoms with E-state index in [0.29, 0.717) is 12.2 Å². The monoisotopic (exact) mass is 403 g/mol. The number of nitrogens with one attached hydrogen (secondary N) is 2. The Morgan fingerprint density at radius 2 is 1.61 bits per heavy atom. The van der Waals surface area contributed by atoms with Gasteiger partial charge in [-0.3, -0.25) is 9.69 Å². The van der Waals surface area contributed by atoms with Gasteiger partial charge in [-0.2, -0.15) is 0 Å². The lowest BCUT2D eigenvalue weighted by Crippen LogP contribution is -2.41. The molecule has 2 aromatic carbocycles. The Bertz CT molecular complexity index is 866. The van der Waals surface area contributed by atoms with Crippen LogP contribution in [0.5, 0.6) is 0 Å². The molecule has 0 aliphatic heterocycles. The van der Waals surface area contributed by atoms with Crippen LogP contribution in [0.25, 0.3) is 0 Å². The van der Waals surface area contributed by atoms with Gasteiger partial charge in [0.2, 0.25) is 15.9 Å². The number of benzene rings is 2. The maximum Gasteiger partial charge on any atom is 0.241 e. The number of rotatable bonds is 9. The molecule has 28 heavy (non-hydrogen) atoms. The number of carbonyl (C=O) groups is 1. The van der Waals surface area contributed by atoms with E-state index in [1.165, 1.54) is 12.1 Å². The summed E-state index contributed by atoms with van der Waals surface area (Å²) in [6.07, 6.45) is 0.